The maximum atomic E-state index is 12.6. The van der Waals surface area contributed by atoms with E-state index in [-0.39, 0.29) is 11.3 Å². The minimum atomic E-state index is 0.0675. The predicted molar refractivity (Wildman–Crippen MR) is 93.2 cm³/mol. The molecular weight excluding hydrogens is 282 g/mol. The number of carbonyl (C=O) groups is 1. The number of benzene rings is 2. The van der Waals surface area contributed by atoms with Crippen LogP contribution >= 0.6 is 0 Å². The van der Waals surface area contributed by atoms with Crippen molar-refractivity contribution in [3.05, 3.63) is 77.4 Å². The summed E-state index contributed by atoms with van der Waals surface area (Å²) in [5, 5.41) is 3.73. The maximum Gasteiger partial charge on any atom is 0.187 e. The largest absolute Gasteiger partial charge is 0.379 e. The average Bonchev–Trinajstić information content (AvgIpc) is 3.03. The molecule has 0 unspecified atom stereocenters. The summed E-state index contributed by atoms with van der Waals surface area (Å²) in [6, 6.07) is 18.0. The summed E-state index contributed by atoms with van der Waals surface area (Å²) in [7, 11) is 0. The molecular formula is C21H21NO. The van der Waals surface area contributed by atoms with E-state index in [1.165, 1.54) is 36.8 Å². The smallest absolute Gasteiger partial charge is 0.187 e. The molecule has 2 heteroatoms. The fourth-order valence-corrected chi connectivity index (χ4v) is 3.98. The third kappa shape index (κ3) is 2.70. The summed E-state index contributed by atoms with van der Waals surface area (Å²) < 4.78 is 0. The van der Waals surface area contributed by atoms with Crippen LogP contribution in [0.1, 0.15) is 47.2 Å². The van der Waals surface area contributed by atoms with Gasteiger partial charge in [-0.25, -0.2) is 0 Å². The number of fused-ring (bicyclic) bond motifs is 1. The molecule has 1 aliphatic carbocycles. The number of allylic oxidation sites excluding steroid dienone is 1. The van der Waals surface area contributed by atoms with Crippen LogP contribution in [0.4, 0.5) is 0 Å². The number of hydrogen-bond donors (Lipinski definition) is 1. The minimum Gasteiger partial charge on any atom is -0.379 e. The maximum absolute atomic E-state index is 12.6. The highest BCUT2D eigenvalue weighted by Gasteiger charge is 2.38. The van der Waals surface area contributed by atoms with Gasteiger partial charge >= 0.3 is 0 Å². The predicted octanol–water partition coefficient (Wildman–Crippen LogP) is 4.37. The lowest BCUT2D eigenvalue weighted by atomic mass is 9.82. The van der Waals surface area contributed by atoms with Gasteiger partial charge in [-0.1, -0.05) is 67.4 Å². The summed E-state index contributed by atoms with van der Waals surface area (Å²) in [4.78, 5) is 12.6. The van der Waals surface area contributed by atoms with Crippen LogP contribution in [0.3, 0.4) is 0 Å². The number of rotatable bonds is 2. The third-order valence-electron chi connectivity index (χ3n) is 5.13. The van der Waals surface area contributed by atoms with E-state index in [1.54, 1.807) is 6.08 Å². The van der Waals surface area contributed by atoms with Gasteiger partial charge in [-0.15, -0.1) is 0 Å². The van der Waals surface area contributed by atoms with Gasteiger partial charge in [-0.2, -0.15) is 0 Å². The Hall–Kier alpha value is -2.35. The molecule has 1 heterocycles. The van der Waals surface area contributed by atoms with Crippen molar-refractivity contribution in [3.8, 4) is 0 Å². The van der Waals surface area contributed by atoms with Crippen LogP contribution in [0.5, 0.6) is 0 Å². The Morgan fingerprint density at radius 1 is 0.957 bits per heavy atom. The molecule has 0 radical (unpaired) electrons. The quantitative estimate of drug-likeness (QED) is 0.659. The Morgan fingerprint density at radius 2 is 1.65 bits per heavy atom. The molecule has 1 aliphatic heterocycles. The van der Waals surface area contributed by atoms with Gasteiger partial charge in [0, 0.05) is 28.4 Å². The highest BCUT2D eigenvalue weighted by Crippen LogP contribution is 2.39. The van der Waals surface area contributed by atoms with E-state index in [2.05, 4.69) is 23.5 Å². The number of nitrogens with one attached hydrogen (secondary N) is 1. The van der Waals surface area contributed by atoms with Crippen molar-refractivity contribution in [2.45, 2.75) is 37.6 Å². The van der Waals surface area contributed by atoms with Crippen molar-refractivity contribution in [3.63, 3.8) is 0 Å². The lowest BCUT2D eigenvalue weighted by Crippen LogP contribution is -2.46. The Balaban J connectivity index is 1.74. The second kappa shape index (κ2) is 5.69. The molecule has 23 heavy (non-hydrogen) atoms. The van der Waals surface area contributed by atoms with Crippen molar-refractivity contribution >= 4 is 11.5 Å². The normalized spacial score (nSPS) is 20.3. The van der Waals surface area contributed by atoms with Crippen molar-refractivity contribution < 1.29 is 4.79 Å². The summed E-state index contributed by atoms with van der Waals surface area (Å²) in [6.07, 6.45) is 7.79. The van der Waals surface area contributed by atoms with Gasteiger partial charge in [0.25, 0.3) is 0 Å². The van der Waals surface area contributed by atoms with E-state index < -0.39 is 0 Å². The zero-order chi connectivity index (χ0) is 15.7. The van der Waals surface area contributed by atoms with Crippen LogP contribution in [0.15, 0.2) is 60.7 Å². The van der Waals surface area contributed by atoms with Crippen molar-refractivity contribution in [1.29, 1.82) is 0 Å². The van der Waals surface area contributed by atoms with E-state index in [9.17, 15) is 4.79 Å². The van der Waals surface area contributed by atoms with Gasteiger partial charge in [-0.3, -0.25) is 4.79 Å². The molecule has 1 spiro atoms. The molecule has 0 saturated heterocycles. The van der Waals surface area contributed by atoms with Crippen molar-refractivity contribution in [2.75, 3.05) is 0 Å². The van der Waals surface area contributed by atoms with Crippen LogP contribution in [0.2, 0.25) is 0 Å². The van der Waals surface area contributed by atoms with Crippen LogP contribution in [-0.4, -0.2) is 11.3 Å². The molecule has 0 amide bonds. The molecule has 2 nitrogen and oxygen atoms in total. The molecule has 0 aromatic heterocycles. The first-order chi connectivity index (χ1) is 11.3. The lowest BCUT2D eigenvalue weighted by molar-refractivity contribution is 0.104. The molecule has 1 saturated carbocycles. The summed E-state index contributed by atoms with van der Waals surface area (Å²) in [6.45, 7) is 0. The topological polar surface area (TPSA) is 29.1 Å². The Kier molecular flexibility index (Phi) is 3.53. The molecule has 2 aliphatic rings. The first-order valence-corrected chi connectivity index (χ1v) is 8.43. The minimum absolute atomic E-state index is 0.0675. The molecule has 1 N–H and O–H groups in total. The highest BCUT2D eigenvalue weighted by atomic mass is 16.1. The first kappa shape index (κ1) is 14.3. The van der Waals surface area contributed by atoms with Gasteiger partial charge in [0.15, 0.2) is 5.78 Å². The monoisotopic (exact) mass is 303 g/mol. The molecule has 116 valence electrons. The van der Waals surface area contributed by atoms with Gasteiger partial charge in [-0.05, 0) is 24.8 Å². The fourth-order valence-electron chi connectivity index (χ4n) is 3.98. The van der Waals surface area contributed by atoms with Crippen LogP contribution < -0.4 is 5.32 Å². The van der Waals surface area contributed by atoms with Gasteiger partial charge < -0.3 is 5.32 Å². The third-order valence-corrected chi connectivity index (χ3v) is 5.13. The van der Waals surface area contributed by atoms with Gasteiger partial charge in [0.1, 0.15) is 0 Å². The fraction of sp³-hybridized carbons (Fsp3) is 0.286. The van der Waals surface area contributed by atoms with Crippen LogP contribution in [0, 0.1) is 0 Å². The Morgan fingerprint density at radius 3 is 2.43 bits per heavy atom. The second-order valence-corrected chi connectivity index (χ2v) is 6.73. The van der Waals surface area contributed by atoms with E-state index in [0.29, 0.717) is 0 Å². The van der Waals surface area contributed by atoms with E-state index in [4.69, 9.17) is 0 Å². The molecule has 2 aromatic carbocycles. The van der Waals surface area contributed by atoms with Crippen LogP contribution in [0.25, 0.3) is 5.70 Å². The van der Waals surface area contributed by atoms with Crippen LogP contribution in [-0.2, 0) is 6.42 Å². The first-order valence-electron chi connectivity index (χ1n) is 8.43. The Labute approximate surface area is 137 Å². The summed E-state index contributed by atoms with van der Waals surface area (Å²) in [5.74, 6) is 0.0675. The average molecular weight is 303 g/mol. The van der Waals surface area contributed by atoms with E-state index >= 15 is 0 Å². The highest BCUT2D eigenvalue weighted by molar-refractivity contribution is 6.08. The molecule has 2 aromatic rings. The number of hydrogen-bond acceptors (Lipinski definition) is 2. The zero-order valence-electron chi connectivity index (χ0n) is 13.2. The van der Waals surface area contributed by atoms with E-state index in [0.717, 1.165) is 17.7 Å². The molecule has 1 fully saturated rings. The molecule has 0 bridgehead atoms. The zero-order valence-corrected chi connectivity index (χ0v) is 13.2. The molecule has 0 atom stereocenters. The lowest BCUT2D eigenvalue weighted by Gasteiger charge is -2.38. The standard InChI is InChI=1S/C21H21NO/c23-20(16-8-2-1-3-9-16)14-19-18-11-5-4-10-17(18)15-21(22-19)12-6-7-13-21/h1-5,8-11,14,22H,6-7,12-13,15H2/b19-14-. The van der Waals surface area contributed by atoms with Gasteiger partial charge in [0.2, 0.25) is 0 Å². The number of ketones is 1. The van der Waals surface area contributed by atoms with Crippen molar-refractivity contribution in [2.24, 2.45) is 0 Å². The van der Waals surface area contributed by atoms with E-state index in [1.807, 2.05) is 36.4 Å². The SMILES string of the molecule is O=C(/C=C1\NC2(CCCC2)Cc2ccccc21)c1ccccc1. The van der Waals surface area contributed by atoms with Crippen molar-refractivity contribution in [1.82, 2.24) is 5.32 Å². The summed E-state index contributed by atoms with van der Waals surface area (Å²) >= 11 is 0. The number of carbonyl (C=O) groups excluding carboxylic acids is 1. The molecule has 4 rings (SSSR count). The second-order valence-electron chi connectivity index (χ2n) is 6.73. The Bertz CT molecular complexity index is 754. The van der Waals surface area contributed by atoms with Gasteiger partial charge in [0.05, 0.1) is 0 Å². The summed E-state index contributed by atoms with van der Waals surface area (Å²) in [5.41, 5.74) is 4.42.